The number of nitrogens with zero attached hydrogens (tertiary/aromatic N) is 4. The van der Waals surface area contributed by atoms with Gasteiger partial charge in [-0.3, -0.25) is 60.1 Å². The molecular weight excluding hydrogens is 1680 g/mol. The Morgan fingerprint density at radius 2 is 0.974 bits per heavy atom. The summed E-state index contributed by atoms with van der Waals surface area (Å²) in [4.78, 5) is 73.1. The van der Waals surface area contributed by atoms with Crippen LogP contribution in [0.3, 0.4) is 0 Å². The lowest BCUT2D eigenvalue weighted by molar-refractivity contribution is -0.437. The monoisotopic (exact) mass is 1760 g/mol. The van der Waals surface area contributed by atoms with Crippen LogP contribution in [0.1, 0.15) is 126 Å². The second-order valence-corrected chi connectivity index (χ2v) is 40.3. The number of fused-ring (bicyclic) bond motifs is 6. The molecule has 4 amide bonds. The molecule has 0 spiro atoms. The van der Waals surface area contributed by atoms with Crippen molar-refractivity contribution in [2.45, 2.75) is 112 Å². The van der Waals surface area contributed by atoms with Gasteiger partial charge >= 0.3 is 7.82 Å². The Bertz CT molecular complexity index is 5770. The van der Waals surface area contributed by atoms with Crippen molar-refractivity contribution < 1.29 is 143 Å². The number of aliphatic hydroxyl groups excluding tert-OH is 1. The SMILES string of the molecule is C[C@H]1CC(O)[C@@H](COP(=O)(O)OCCCCCCN2/C(=C/C=C/C3=[N+](CCCS(=O)(=O)O)c4cc(S(=O)(=O)O)c5cc(-c6cc(C(=O)NCCS(=O)(=O)O)nc(C(=O)NCCS(=O)(=O)O)c6)ccc5c4C3(C)C)C(C)(C)c3c2cc(S(=O)(=O)O)c2cc(-c4cc(C(=O)NCCS(=O)(=O)O)nc(C(=O)NCCS(=O)(=O)O)c4)ccc32)O1. The highest BCUT2D eigenvalue weighted by molar-refractivity contribution is 7.87. The Morgan fingerprint density at radius 3 is 1.39 bits per heavy atom. The normalized spacial score (nSPS) is 18.1. The molecule has 628 valence electrons. The molecule has 1 saturated heterocycles. The number of carbonyl (C=O) groups excluding carboxylic acids is 4. The van der Waals surface area contributed by atoms with Gasteiger partial charge in [-0.15, -0.1) is 0 Å². The van der Waals surface area contributed by atoms with E-state index in [4.69, 9.17) is 13.8 Å². The van der Waals surface area contributed by atoms with Crippen LogP contribution in [0.2, 0.25) is 0 Å². The number of phosphoric ester groups is 1. The number of hydrogen-bond donors (Lipinski definition) is 13. The Morgan fingerprint density at radius 1 is 0.548 bits per heavy atom. The lowest BCUT2D eigenvalue weighted by atomic mass is 9.78. The number of pyridine rings is 2. The highest BCUT2D eigenvalue weighted by Gasteiger charge is 2.48. The lowest BCUT2D eigenvalue weighted by Gasteiger charge is -2.27. The minimum atomic E-state index is -5.29. The number of unbranched alkanes of at least 4 members (excludes halogenated alkanes) is 3. The van der Waals surface area contributed by atoms with Crippen molar-refractivity contribution >= 4 is 141 Å². The maximum atomic E-state index is 13.9. The summed E-state index contributed by atoms with van der Waals surface area (Å²) in [7, 11) is -38.2. The number of aliphatic hydroxyl groups is 1. The Labute approximate surface area is 661 Å². The fourth-order valence-electron chi connectivity index (χ4n) is 13.8. The van der Waals surface area contributed by atoms with Gasteiger partial charge in [0.05, 0.1) is 59.6 Å². The average Bonchev–Trinajstić information content (AvgIpc) is 1.60. The third-order valence-electron chi connectivity index (χ3n) is 18.9. The van der Waals surface area contributed by atoms with Crippen molar-refractivity contribution in [1.82, 2.24) is 31.2 Å². The van der Waals surface area contributed by atoms with Gasteiger partial charge in [0.1, 0.15) is 45.2 Å². The molecule has 115 heavy (non-hydrogen) atoms. The molecule has 0 saturated carbocycles. The van der Waals surface area contributed by atoms with E-state index in [1.165, 1.54) is 42.5 Å². The van der Waals surface area contributed by atoms with Crippen molar-refractivity contribution in [2.24, 2.45) is 0 Å². The van der Waals surface area contributed by atoms with E-state index in [0.29, 0.717) is 48.2 Å². The van der Waals surface area contributed by atoms with Crippen LogP contribution in [-0.4, -0.2) is 244 Å². The number of aromatic nitrogens is 2. The van der Waals surface area contributed by atoms with Gasteiger partial charge < -0.3 is 40.9 Å². The van der Waals surface area contributed by atoms with E-state index < -0.39 is 219 Å². The third kappa shape index (κ3) is 23.7. The third-order valence-corrected chi connectivity index (χ3v) is 25.3. The molecule has 4 atom stereocenters. The highest BCUT2D eigenvalue weighted by atomic mass is 32.2. The average molecular weight is 1760 g/mol. The molecule has 0 bridgehead atoms. The fraction of sp³-hybridized carbons (Fsp3) is 0.426. The number of carbonyl (C=O) groups is 4. The number of anilines is 1. The topological polar surface area (TPSA) is 614 Å². The molecule has 1 fully saturated rings. The van der Waals surface area contributed by atoms with Gasteiger partial charge in [0.15, 0.2) is 5.71 Å². The standard InChI is InChI=1S/C68H83N8O31PS7/c1-40-30-55(77)56(107-40)39-106-108(82,83)105-24-9-7-6-8-22-75-53-37-57(114(99,100)101)47-31-41(43-33-49(63(78)69-18-26-110(87,88)89)73-50(34-43)64(79)70-19-27-111(90,91)92)14-16-45(47)61(53)67(2,3)59(75)12-10-13-60-68(4,5)62-46-17-15-42(32-48(46)58(115(102,103)104)38-54(62)76(60)23-11-25-109(84,85)86)44-35-51(65(80)71-20-28-112(93,94)95)74-52(36-44)66(81)72-21-29-113(96,97)98/h10,12-17,31-38,40,55-56,77H,6-9,11,18-30,39H2,1-5H3,(H11-,69,70,71,72,78,79,80,81,82,83,84,85,86,87,88,89,90,91,92,93,94,95,96,97,98,99,100,101,102,103,104)/p+1/t40-,55?,56+/m0/s1. The lowest BCUT2D eigenvalue weighted by Crippen LogP contribution is -2.32. The summed E-state index contributed by atoms with van der Waals surface area (Å²) in [5.41, 5.74) is -2.59. The summed E-state index contributed by atoms with van der Waals surface area (Å²) in [6.45, 7) is 5.36. The molecular formula is C68H84N8O31PS7+. The molecule has 0 aliphatic carbocycles. The van der Waals surface area contributed by atoms with Gasteiger partial charge in [-0.1, -0.05) is 57.0 Å². The molecule has 5 heterocycles. The van der Waals surface area contributed by atoms with Crippen LogP contribution in [0, 0.1) is 0 Å². The summed E-state index contributed by atoms with van der Waals surface area (Å²) in [5.74, 6) is -8.88. The molecule has 6 aromatic rings. The highest BCUT2D eigenvalue weighted by Crippen LogP contribution is 2.54. The van der Waals surface area contributed by atoms with Crippen molar-refractivity contribution in [3.63, 3.8) is 0 Å². The van der Waals surface area contributed by atoms with E-state index in [1.807, 2.05) is 0 Å². The predicted molar refractivity (Wildman–Crippen MR) is 416 cm³/mol. The zero-order valence-corrected chi connectivity index (χ0v) is 68.5. The summed E-state index contributed by atoms with van der Waals surface area (Å²) in [6, 6.07) is 15.3. The first-order chi connectivity index (χ1) is 53.1. The zero-order chi connectivity index (χ0) is 85.1. The molecule has 2 unspecified atom stereocenters. The fourth-order valence-corrected chi connectivity index (χ4v) is 17.9. The summed E-state index contributed by atoms with van der Waals surface area (Å²) in [5, 5.41) is 19.3. The van der Waals surface area contributed by atoms with Gasteiger partial charge in [0.25, 0.3) is 94.5 Å². The van der Waals surface area contributed by atoms with Crippen LogP contribution in [0.25, 0.3) is 43.8 Å². The number of benzene rings is 4. The Hall–Kier alpha value is -8.07. The van der Waals surface area contributed by atoms with E-state index in [1.54, 1.807) is 62.3 Å². The number of rotatable bonds is 37. The van der Waals surface area contributed by atoms with E-state index in [2.05, 4.69) is 31.2 Å². The quantitative estimate of drug-likeness (QED) is 0.0112. The number of nitrogens with one attached hydrogen (secondary N) is 4. The van der Waals surface area contributed by atoms with Gasteiger partial charge in [-0.2, -0.15) is 63.5 Å². The second kappa shape index (κ2) is 35.2. The molecule has 9 rings (SSSR count). The van der Waals surface area contributed by atoms with Crippen molar-refractivity contribution in [3.8, 4) is 22.3 Å². The maximum absolute atomic E-state index is 13.9. The predicted octanol–water partition coefficient (Wildman–Crippen LogP) is 4.21. The number of amides is 4. The van der Waals surface area contributed by atoms with Crippen molar-refractivity contribution in [3.05, 3.63) is 131 Å². The molecule has 0 radical (unpaired) electrons. The first-order valence-electron chi connectivity index (χ1n) is 35.0. The summed E-state index contributed by atoms with van der Waals surface area (Å²) < 4.78 is 272. The van der Waals surface area contributed by atoms with E-state index in [-0.39, 0.29) is 93.8 Å². The smallest absolute Gasteiger partial charge is 0.390 e. The van der Waals surface area contributed by atoms with Crippen LogP contribution < -0.4 is 26.2 Å². The zero-order valence-electron chi connectivity index (χ0n) is 61.9. The first kappa shape index (κ1) is 90.8. The van der Waals surface area contributed by atoms with Crippen molar-refractivity contribution in [1.29, 1.82) is 0 Å². The summed E-state index contributed by atoms with van der Waals surface area (Å²) >= 11 is 0. The molecule has 3 aliphatic heterocycles. The molecule has 39 nitrogen and oxygen atoms in total. The first-order valence-corrected chi connectivity index (χ1v) is 47.4. The maximum Gasteiger partial charge on any atom is 0.472 e. The number of phosphoric acid groups is 1. The minimum Gasteiger partial charge on any atom is -0.390 e. The van der Waals surface area contributed by atoms with E-state index >= 15 is 0 Å². The Kier molecular flexibility index (Phi) is 27.8. The number of hydrogen-bond acceptors (Lipinski definition) is 26. The largest absolute Gasteiger partial charge is 0.472 e. The minimum absolute atomic E-state index is 0.0212. The second-order valence-electron chi connectivity index (χ2n) is 28.2. The molecule has 13 N–H and O–H groups in total. The van der Waals surface area contributed by atoms with Crippen LogP contribution >= 0.6 is 7.82 Å². The van der Waals surface area contributed by atoms with Crippen LogP contribution in [0.4, 0.5) is 11.4 Å². The van der Waals surface area contributed by atoms with Crippen LogP contribution in [0.5, 0.6) is 0 Å². The molecule has 3 aliphatic rings. The van der Waals surface area contributed by atoms with Gasteiger partial charge in [-0.05, 0) is 121 Å². The summed E-state index contributed by atoms with van der Waals surface area (Å²) in [6.07, 6.45) is 4.11. The van der Waals surface area contributed by atoms with Crippen LogP contribution in [0.15, 0.2) is 107 Å². The van der Waals surface area contributed by atoms with Gasteiger partial charge in [-0.25, -0.2) is 14.5 Å². The molecule has 2 aromatic heterocycles. The molecule has 47 heteroatoms. The Balaban J connectivity index is 1.16. The number of ether oxygens (including phenoxy) is 1. The van der Waals surface area contributed by atoms with E-state index in [9.17, 15) is 125 Å². The number of allylic oxidation sites excluding steroid dienone is 4. The van der Waals surface area contributed by atoms with Crippen molar-refractivity contribution in [2.75, 3.05) is 86.1 Å². The van der Waals surface area contributed by atoms with Gasteiger partial charge in [0.2, 0.25) is 5.69 Å². The molecule has 4 aromatic carbocycles. The van der Waals surface area contributed by atoms with Crippen LogP contribution in [-0.2, 0) is 100 Å². The van der Waals surface area contributed by atoms with Gasteiger partial charge in [0, 0.05) is 90.8 Å². The van der Waals surface area contributed by atoms with E-state index in [0.717, 1.165) is 30.3 Å².